The quantitative estimate of drug-likeness (QED) is 0.748. The van der Waals surface area contributed by atoms with E-state index < -0.39 is 0 Å². The summed E-state index contributed by atoms with van der Waals surface area (Å²) in [6.07, 6.45) is 13.4. The van der Waals surface area contributed by atoms with Crippen LogP contribution in [0.15, 0.2) is 0 Å². The van der Waals surface area contributed by atoms with Crippen LogP contribution in [0.1, 0.15) is 64.2 Å². The van der Waals surface area contributed by atoms with Gasteiger partial charge in [-0.2, -0.15) is 0 Å². The van der Waals surface area contributed by atoms with Gasteiger partial charge in [0.15, 0.2) is 0 Å². The molecule has 2 nitrogen and oxygen atoms in total. The third-order valence-corrected chi connectivity index (χ3v) is 4.26. The molecule has 2 fully saturated rings. The number of nitrogens with two attached hydrogens (primary N) is 1. The second-order valence-corrected chi connectivity index (χ2v) is 5.61. The highest BCUT2D eigenvalue weighted by Crippen LogP contribution is 2.29. The molecule has 0 radical (unpaired) electrons. The Morgan fingerprint density at radius 1 is 1.00 bits per heavy atom. The summed E-state index contributed by atoms with van der Waals surface area (Å²) >= 11 is 0. The molecule has 0 aliphatic heterocycles. The van der Waals surface area contributed by atoms with Gasteiger partial charge in [0, 0.05) is 11.6 Å². The van der Waals surface area contributed by atoms with Crippen molar-refractivity contribution >= 4 is 0 Å². The summed E-state index contributed by atoms with van der Waals surface area (Å²) in [7, 11) is 0. The Bertz CT molecular complexity index is 179. The van der Waals surface area contributed by atoms with Crippen LogP contribution in [0, 0.1) is 0 Å². The zero-order chi connectivity index (χ0) is 10.6. The first kappa shape index (κ1) is 11.4. The normalized spacial score (nSPS) is 27.0. The average Bonchev–Trinajstić information content (AvgIpc) is 2.67. The van der Waals surface area contributed by atoms with Gasteiger partial charge in [0.05, 0.1) is 0 Å². The van der Waals surface area contributed by atoms with Crippen molar-refractivity contribution in [3.05, 3.63) is 0 Å². The minimum absolute atomic E-state index is 0.182. The van der Waals surface area contributed by atoms with Crippen LogP contribution < -0.4 is 11.1 Å². The Hall–Kier alpha value is -0.0800. The van der Waals surface area contributed by atoms with Gasteiger partial charge in [0.1, 0.15) is 0 Å². The van der Waals surface area contributed by atoms with Crippen molar-refractivity contribution in [2.24, 2.45) is 5.73 Å². The SMILES string of the molecule is NC1(CCNC2CCCCC2)CCCC1. The Labute approximate surface area is 94.0 Å². The van der Waals surface area contributed by atoms with Gasteiger partial charge < -0.3 is 11.1 Å². The van der Waals surface area contributed by atoms with E-state index in [4.69, 9.17) is 5.73 Å². The average molecular weight is 210 g/mol. The molecule has 2 heteroatoms. The molecule has 0 saturated heterocycles. The smallest absolute Gasteiger partial charge is 0.0166 e. The molecule has 3 N–H and O–H groups in total. The van der Waals surface area contributed by atoms with E-state index in [1.165, 1.54) is 64.2 Å². The summed E-state index contributed by atoms with van der Waals surface area (Å²) < 4.78 is 0. The highest BCUT2D eigenvalue weighted by molar-refractivity contribution is 4.89. The van der Waals surface area contributed by atoms with Crippen LogP contribution in [0.3, 0.4) is 0 Å². The predicted molar refractivity (Wildman–Crippen MR) is 64.9 cm³/mol. The molecule has 0 aromatic heterocycles. The zero-order valence-corrected chi connectivity index (χ0v) is 9.93. The summed E-state index contributed by atoms with van der Waals surface area (Å²) in [6.45, 7) is 1.14. The van der Waals surface area contributed by atoms with E-state index in [1.54, 1.807) is 0 Å². The fourth-order valence-electron chi connectivity index (χ4n) is 3.16. The minimum Gasteiger partial charge on any atom is -0.325 e. The Morgan fingerprint density at radius 3 is 2.33 bits per heavy atom. The number of hydrogen-bond acceptors (Lipinski definition) is 2. The lowest BCUT2D eigenvalue weighted by atomic mass is 9.93. The van der Waals surface area contributed by atoms with Gasteiger partial charge in [0.2, 0.25) is 0 Å². The summed E-state index contributed by atoms with van der Waals surface area (Å²) in [5.74, 6) is 0. The first-order valence-electron chi connectivity index (χ1n) is 6.81. The molecule has 0 aromatic rings. The van der Waals surface area contributed by atoms with E-state index in [0.29, 0.717) is 0 Å². The van der Waals surface area contributed by atoms with Crippen molar-refractivity contribution in [2.45, 2.75) is 75.8 Å². The van der Waals surface area contributed by atoms with Crippen molar-refractivity contribution in [3.8, 4) is 0 Å². The van der Waals surface area contributed by atoms with Crippen LogP contribution >= 0.6 is 0 Å². The van der Waals surface area contributed by atoms with Crippen molar-refractivity contribution in [2.75, 3.05) is 6.54 Å². The maximum Gasteiger partial charge on any atom is 0.0166 e. The molecule has 2 aliphatic rings. The van der Waals surface area contributed by atoms with Crippen LogP contribution in [0.25, 0.3) is 0 Å². The molecule has 88 valence electrons. The molecule has 15 heavy (non-hydrogen) atoms. The van der Waals surface area contributed by atoms with Crippen LogP contribution in [-0.2, 0) is 0 Å². The van der Waals surface area contributed by atoms with Crippen LogP contribution in [0.5, 0.6) is 0 Å². The lowest BCUT2D eigenvalue weighted by Gasteiger charge is -2.27. The highest BCUT2D eigenvalue weighted by Gasteiger charge is 2.28. The van der Waals surface area contributed by atoms with Gasteiger partial charge in [0.25, 0.3) is 0 Å². The van der Waals surface area contributed by atoms with Crippen LogP contribution in [0.2, 0.25) is 0 Å². The largest absolute Gasteiger partial charge is 0.325 e. The lowest BCUT2D eigenvalue weighted by molar-refractivity contribution is 0.337. The molecular weight excluding hydrogens is 184 g/mol. The number of hydrogen-bond donors (Lipinski definition) is 2. The maximum absolute atomic E-state index is 6.33. The number of rotatable bonds is 4. The third-order valence-electron chi connectivity index (χ3n) is 4.26. The molecule has 2 aliphatic carbocycles. The topological polar surface area (TPSA) is 38.0 Å². The lowest BCUT2D eigenvalue weighted by Crippen LogP contribution is -2.41. The first-order chi connectivity index (χ1) is 7.29. The number of nitrogens with one attached hydrogen (secondary N) is 1. The monoisotopic (exact) mass is 210 g/mol. The van der Waals surface area contributed by atoms with E-state index in [0.717, 1.165) is 12.6 Å². The molecule has 2 saturated carbocycles. The molecule has 0 unspecified atom stereocenters. The van der Waals surface area contributed by atoms with Gasteiger partial charge in [-0.05, 0) is 38.6 Å². The summed E-state index contributed by atoms with van der Waals surface area (Å²) in [6, 6.07) is 0.795. The zero-order valence-electron chi connectivity index (χ0n) is 9.93. The molecule has 0 bridgehead atoms. The van der Waals surface area contributed by atoms with Crippen molar-refractivity contribution < 1.29 is 0 Å². The molecule has 0 spiro atoms. The van der Waals surface area contributed by atoms with E-state index in [9.17, 15) is 0 Å². The van der Waals surface area contributed by atoms with Gasteiger partial charge in [-0.25, -0.2) is 0 Å². The van der Waals surface area contributed by atoms with Gasteiger partial charge in [-0.15, -0.1) is 0 Å². The molecule has 2 rings (SSSR count). The van der Waals surface area contributed by atoms with Crippen molar-refractivity contribution in [1.82, 2.24) is 5.32 Å². The van der Waals surface area contributed by atoms with E-state index in [1.807, 2.05) is 0 Å². The van der Waals surface area contributed by atoms with E-state index in [-0.39, 0.29) is 5.54 Å². The van der Waals surface area contributed by atoms with Crippen LogP contribution in [-0.4, -0.2) is 18.1 Å². The van der Waals surface area contributed by atoms with E-state index >= 15 is 0 Å². The first-order valence-corrected chi connectivity index (χ1v) is 6.81. The fourth-order valence-corrected chi connectivity index (χ4v) is 3.16. The summed E-state index contributed by atoms with van der Waals surface area (Å²) in [5, 5.41) is 3.69. The standard InChI is InChI=1S/C13H26N2/c14-13(8-4-5-9-13)10-11-15-12-6-2-1-3-7-12/h12,15H,1-11,14H2. The molecule has 0 aromatic carbocycles. The van der Waals surface area contributed by atoms with Gasteiger partial charge >= 0.3 is 0 Å². The Balaban J connectivity index is 1.61. The van der Waals surface area contributed by atoms with Crippen LogP contribution in [0.4, 0.5) is 0 Å². The second kappa shape index (κ2) is 5.31. The summed E-state index contributed by atoms with van der Waals surface area (Å²) in [4.78, 5) is 0. The minimum atomic E-state index is 0.182. The molecule has 0 atom stereocenters. The Kier molecular flexibility index (Phi) is 4.04. The van der Waals surface area contributed by atoms with Crippen molar-refractivity contribution in [3.63, 3.8) is 0 Å². The van der Waals surface area contributed by atoms with Crippen molar-refractivity contribution in [1.29, 1.82) is 0 Å². The third kappa shape index (κ3) is 3.46. The fraction of sp³-hybridized carbons (Fsp3) is 1.00. The predicted octanol–water partition coefficient (Wildman–Crippen LogP) is 2.57. The second-order valence-electron chi connectivity index (χ2n) is 5.61. The molecular formula is C13H26N2. The van der Waals surface area contributed by atoms with E-state index in [2.05, 4.69) is 5.32 Å². The molecule has 0 heterocycles. The molecule has 0 amide bonds. The van der Waals surface area contributed by atoms with Gasteiger partial charge in [-0.3, -0.25) is 0 Å². The van der Waals surface area contributed by atoms with Gasteiger partial charge in [-0.1, -0.05) is 32.1 Å². The Morgan fingerprint density at radius 2 is 1.67 bits per heavy atom. The highest BCUT2D eigenvalue weighted by atomic mass is 14.9. The maximum atomic E-state index is 6.33. The summed E-state index contributed by atoms with van der Waals surface area (Å²) in [5.41, 5.74) is 6.52.